The summed E-state index contributed by atoms with van der Waals surface area (Å²) in [6.07, 6.45) is -1.86. The second kappa shape index (κ2) is 7.78. The first-order valence-electron chi connectivity index (χ1n) is 8.97. The molecule has 0 atom stereocenters. The van der Waals surface area contributed by atoms with E-state index in [0.29, 0.717) is 6.20 Å². The van der Waals surface area contributed by atoms with Gasteiger partial charge in [-0.1, -0.05) is 12.1 Å². The molecule has 6 nitrogen and oxygen atoms in total. The van der Waals surface area contributed by atoms with Crippen molar-refractivity contribution in [1.29, 1.82) is 0 Å². The fourth-order valence-electron chi connectivity index (χ4n) is 3.09. The van der Waals surface area contributed by atoms with Crippen molar-refractivity contribution >= 4 is 11.8 Å². The molecule has 3 heterocycles. The molecule has 0 saturated heterocycles. The van der Waals surface area contributed by atoms with Crippen molar-refractivity contribution in [2.24, 2.45) is 0 Å². The molecule has 0 fully saturated rings. The number of aromatic nitrogens is 2. The first-order chi connectivity index (χ1) is 14.7. The van der Waals surface area contributed by atoms with E-state index in [1.54, 1.807) is 12.1 Å². The second-order valence-corrected chi connectivity index (χ2v) is 6.72. The Kier molecular flexibility index (Phi) is 5.14. The molecule has 31 heavy (non-hydrogen) atoms. The molecule has 158 valence electrons. The quantitative estimate of drug-likeness (QED) is 0.451. The summed E-state index contributed by atoms with van der Waals surface area (Å²) in [6.45, 7) is -0.585. The number of pyridine rings is 2. The van der Waals surface area contributed by atoms with Gasteiger partial charge < -0.3 is 4.74 Å². The lowest BCUT2D eigenvalue weighted by molar-refractivity contribution is -0.137. The smallest absolute Gasteiger partial charge is 0.417 e. The van der Waals surface area contributed by atoms with Gasteiger partial charge in [-0.3, -0.25) is 24.5 Å². The maximum atomic E-state index is 14.1. The number of nitrogens with zero attached hydrogens (tertiary/aromatic N) is 3. The SMILES string of the molecule is O=C1c2ccccc2C(=O)N1Cc1cc(OCc2cncc(C(F)(F)F)c2)c(F)cn1. The monoisotopic (exact) mass is 431 g/mol. The highest BCUT2D eigenvalue weighted by molar-refractivity contribution is 6.21. The molecule has 10 heteroatoms. The van der Waals surface area contributed by atoms with Crippen molar-refractivity contribution in [3.05, 3.63) is 88.8 Å². The van der Waals surface area contributed by atoms with E-state index < -0.39 is 29.4 Å². The van der Waals surface area contributed by atoms with Crippen molar-refractivity contribution in [2.75, 3.05) is 0 Å². The minimum absolute atomic E-state index is 0.0907. The van der Waals surface area contributed by atoms with Gasteiger partial charge in [0, 0.05) is 24.0 Å². The fraction of sp³-hybridized carbons (Fsp3) is 0.143. The van der Waals surface area contributed by atoms with E-state index >= 15 is 0 Å². The third-order valence-corrected chi connectivity index (χ3v) is 4.59. The van der Waals surface area contributed by atoms with Gasteiger partial charge in [-0.05, 0) is 18.2 Å². The van der Waals surface area contributed by atoms with Gasteiger partial charge in [0.25, 0.3) is 11.8 Å². The van der Waals surface area contributed by atoms with Crippen LogP contribution in [0.3, 0.4) is 0 Å². The zero-order valence-electron chi connectivity index (χ0n) is 15.7. The summed E-state index contributed by atoms with van der Waals surface area (Å²) in [6, 6.07) is 8.39. The lowest BCUT2D eigenvalue weighted by Crippen LogP contribution is -2.29. The van der Waals surface area contributed by atoms with Crippen LogP contribution in [0.2, 0.25) is 0 Å². The van der Waals surface area contributed by atoms with Gasteiger partial charge in [-0.15, -0.1) is 0 Å². The maximum absolute atomic E-state index is 14.1. The van der Waals surface area contributed by atoms with Crippen molar-refractivity contribution < 1.29 is 31.9 Å². The molecule has 4 rings (SSSR count). The largest absolute Gasteiger partial charge is 0.486 e. The Morgan fingerprint density at radius 3 is 2.29 bits per heavy atom. The van der Waals surface area contributed by atoms with Gasteiger partial charge in [0.2, 0.25) is 0 Å². The molecule has 0 spiro atoms. The minimum atomic E-state index is -4.57. The average molecular weight is 431 g/mol. The summed E-state index contributed by atoms with van der Waals surface area (Å²) in [5, 5.41) is 0. The van der Waals surface area contributed by atoms with Crippen LogP contribution in [-0.4, -0.2) is 26.7 Å². The molecule has 0 N–H and O–H groups in total. The van der Waals surface area contributed by atoms with Gasteiger partial charge in [0.05, 0.1) is 35.1 Å². The number of rotatable bonds is 5. The number of carbonyl (C=O) groups is 2. The Balaban J connectivity index is 1.50. The molecule has 1 aliphatic rings. The van der Waals surface area contributed by atoms with Gasteiger partial charge in [0.15, 0.2) is 11.6 Å². The molecule has 0 radical (unpaired) electrons. The molecule has 1 aromatic carbocycles. The van der Waals surface area contributed by atoms with Crippen molar-refractivity contribution in [1.82, 2.24) is 14.9 Å². The Morgan fingerprint density at radius 1 is 0.968 bits per heavy atom. The van der Waals surface area contributed by atoms with Crippen molar-refractivity contribution in [3.63, 3.8) is 0 Å². The van der Waals surface area contributed by atoms with Crippen LogP contribution in [0.1, 0.15) is 37.5 Å². The van der Waals surface area contributed by atoms with Crippen LogP contribution < -0.4 is 4.74 Å². The average Bonchev–Trinajstić information content (AvgIpc) is 2.99. The van der Waals surface area contributed by atoms with E-state index in [1.165, 1.54) is 24.4 Å². The number of carbonyl (C=O) groups excluding carboxylic acids is 2. The Hall–Kier alpha value is -3.82. The lowest BCUT2D eigenvalue weighted by Gasteiger charge is -2.14. The fourth-order valence-corrected chi connectivity index (χ4v) is 3.09. The van der Waals surface area contributed by atoms with Gasteiger partial charge >= 0.3 is 6.18 Å². The number of amides is 2. The Morgan fingerprint density at radius 2 is 1.65 bits per heavy atom. The third kappa shape index (κ3) is 4.09. The van der Waals surface area contributed by atoms with Gasteiger partial charge in [-0.2, -0.15) is 13.2 Å². The van der Waals surface area contributed by atoms with E-state index in [4.69, 9.17) is 4.74 Å². The highest BCUT2D eigenvalue weighted by Gasteiger charge is 2.35. The lowest BCUT2D eigenvalue weighted by atomic mass is 10.1. The number of ether oxygens (including phenoxy) is 1. The Bertz CT molecular complexity index is 1150. The van der Waals surface area contributed by atoms with E-state index in [2.05, 4.69) is 9.97 Å². The number of hydrogen-bond acceptors (Lipinski definition) is 5. The number of imide groups is 1. The molecule has 0 saturated carbocycles. The van der Waals surface area contributed by atoms with E-state index in [-0.39, 0.29) is 41.3 Å². The second-order valence-electron chi connectivity index (χ2n) is 6.72. The third-order valence-electron chi connectivity index (χ3n) is 4.59. The highest BCUT2D eigenvalue weighted by atomic mass is 19.4. The zero-order chi connectivity index (χ0) is 22.2. The number of halogens is 4. The van der Waals surface area contributed by atoms with Crippen molar-refractivity contribution in [2.45, 2.75) is 19.3 Å². The topological polar surface area (TPSA) is 72.4 Å². The van der Waals surface area contributed by atoms with Gasteiger partial charge in [-0.25, -0.2) is 4.39 Å². The number of hydrogen-bond donors (Lipinski definition) is 0. The first kappa shape index (κ1) is 20.5. The number of fused-ring (bicyclic) bond motifs is 1. The molecule has 3 aromatic rings. The number of benzene rings is 1. The summed E-state index contributed by atoms with van der Waals surface area (Å²) in [5.74, 6) is -2.11. The predicted molar refractivity (Wildman–Crippen MR) is 98.4 cm³/mol. The molecule has 2 amide bonds. The molecule has 0 aliphatic carbocycles. The maximum Gasteiger partial charge on any atom is 0.417 e. The van der Waals surface area contributed by atoms with E-state index in [1.807, 2.05) is 0 Å². The molecule has 1 aliphatic heterocycles. The summed E-state index contributed by atoms with van der Waals surface area (Å²) >= 11 is 0. The van der Waals surface area contributed by atoms with E-state index in [0.717, 1.165) is 17.2 Å². The normalized spacial score (nSPS) is 13.5. The van der Waals surface area contributed by atoms with Crippen LogP contribution >= 0.6 is 0 Å². The van der Waals surface area contributed by atoms with Gasteiger partial charge in [0.1, 0.15) is 6.61 Å². The standard InChI is InChI=1S/C21H13F4N3O3/c22-17-9-27-14(10-28-19(29)15-3-1-2-4-16(15)20(28)30)6-18(17)31-11-12-5-13(8-26-7-12)21(23,24)25/h1-9H,10-11H2. The molecule has 0 bridgehead atoms. The summed E-state index contributed by atoms with van der Waals surface area (Å²) in [4.78, 5) is 33.3. The summed E-state index contributed by atoms with van der Waals surface area (Å²) in [5.41, 5.74) is -0.151. The summed E-state index contributed by atoms with van der Waals surface area (Å²) < 4.78 is 57.8. The van der Waals surface area contributed by atoms with Crippen LogP contribution in [0.4, 0.5) is 17.6 Å². The van der Waals surface area contributed by atoms with Crippen LogP contribution in [0, 0.1) is 5.82 Å². The molecular weight excluding hydrogens is 418 g/mol. The molecular formula is C21H13F4N3O3. The number of alkyl halides is 3. The Labute approximate surface area is 173 Å². The zero-order valence-corrected chi connectivity index (χ0v) is 15.7. The predicted octanol–water partition coefficient (Wildman–Crippen LogP) is 4.01. The highest BCUT2D eigenvalue weighted by Crippen LogP contribution is 2.29. The molecule has 0 unspecified atom stereocenters. The summed E-state index contributed by atoms with van der Waals surface area (Å²) in [7, 11) is 0. The van der Waals surface area contributed by atoms with Crippen LogP contribution in [0.25, 0.3) is 0 Å². The van der Waals surface area contributed by atoms with Crippen LogP contribution in [0.15, 0.2) is 55.0 Å². The van der Waals surface area contributed by atoms with Crippen LogP contribution in [-0.2, 0) is 19.3 Å². The minimum Gasteiger partial charge on any atom is -0.486 e. The van der Waals surface area contributed by atoms with Crippen LogP contribution in [0.5, 0.6) is 5.75 Å². The van der Waals surface area contributed by atoms with E-state index in [9.17, 15) is 27.2 Å². The molecule has 2 aromatic heterocycles. The first-order valence-corrected chi connectivity index (χ1v) is 8.97. The van der Waals surface area contributed by atoms with Crippen molar-refractivity contribution in [3.8, 4) is 5.75 Å².